The van der Waals surface area contributed by atoms with Gasteiger partial charge >= 0.3 is 0 Å². The van der Waals surface area contributed by atoms with Gasteiger partial charge < -0.3 is 14.7 Å². The molecular weight excluding hydrogens is 357 g/mol. The van der Waals surface area contributed by atoms with Gasteiger partial charge in [-0.25, -0.2) is 0 Å². The molecule has 2 unspecified atom stereocenters. The van der Waals surface area contributed by atoms with Crippen molar-refractivity contribution in [1.29, 1.82) is 0 Å². The zero-order valence-electron chi connectivity index (χ0n) is 14.9. The average molecular weight is 382 g/mol. The van der Waals surface area contributed by atoms with E-state index in [0.29, 0.717) is 21.5 Å². The molecule has 0 aliphatic rings. The van der Waals surface area contributed by atoms with Gasteiger partial charge in [-0.1, -0.05) is 56.1 Å². The smallest absolute Gasteiger partial charge is 0.146 e. The van der Waals surface area contributed by atoms with Crippen LogP contribution in [0.4, 0.5) is 0 Å². The molecule has 25 heavy (non-hydrogen) atoms. The first kappa shape index (κ1) is 20.1. The van der Waals surface area contributed by atoms with Gasteiger partial charge in [0, 0.05) is 11.6 Å². The number of ether oxygens (including phenoxy) is 1. The monoisotopic (exact) mass is 381 g/mol. The third-order valence-electron chi connectivity index (χ3n) is 4.32. The lowest BCUT2D eigenvalue weighted by Gasteiger charge is -2.26. The molecule has 0 radical (unpaired) electrons. The molecule has 2 atom stereocenters. The van der Waals surface area contributed by atoms with Crippen molar-refractivity contribution in [2.75, 3.05) is 19.6 Å². The van der Waals surface area contributed by atoms with Gasteiger partial charge in [-0.2, -0.15) is 0 Å². The molecule has 0 spiro atoms. The van der Waals surface area contributed by atoms with Crippen LogP contribution in [0.25, 0.3) is 0 Å². The minimum atomic E-state index is -0.506. The van der Waals surface area contributed by atoms with E-state index in [0.717, 1.165) is 25.2 Å². The molecule has 0 amide bonds. The number of nitrogens with zero attached hydrogens (tertiary/aromatic N) is 1. The predicted molar refractivity (Wildman–Crippen MR) is 105 cm³/mol. The second-order valence-corrected chi connectivity index (χ2v) is 7.00. The van der Waals surface area contributed by atoms with E-state index in [2.05, 4.69) is 25.7 Å². The number of hydrogen-bond acceptors (Lipinski definition) is 3. The van der Waals surface area contributed by atoms with Crippen molar-refractivity contribution in [1.82, 2.24) is 4.90 Å². The van der Waals surface area contributed by atoms with Crippen LogP contribution in [0.2, 0.25) is 10.0 Å². The van der Waals surface area contributed by atoms with Crippen molar-refractivity contribution >= 4 is 23.2 Å². The van der Waals surface area contributed by atoms with Gasteiger partial charge in [-0.05, 0) is 54.9 Å². The van der Waals surface area contributed by atoms with Gasteiger partial charge in [-0.15, -0.1) is 0 Å². The normalized spacial score (nSPS) is 13.7. The zero-order chi connectivity index (χ0) is 18.4. The lowest BCUT2D eigenvalue weighted by Crippen LogP contribution is -2.30. The van der Waals surface area contributed by atoms with Crippen LogP contribution in [0.3, 0.4) is 0 Å². The molecule has 0 bridgehead atoms. The van der Waals surface area contributed by atoms with Crippen LogP contribution in [-0.2, 0) is 0 Å². The second-order valence-electron chi connectivity index (χ2n) is 6.15. The van der Waals surface area contributed by atoms with Gasteiger partial charge in [0.1, 0.15) is 11.5 Å². The lowest BCUT2D eigenvalue weighted by molar-refractivity contribution is 0.0910. The second kappa shape index (κ2) is 9.44. The largest absolute Gasteiger partial charge is 0.456 e. The topological polar surface area (TPSA) is 32.7 Å². The predicted octanol–water partition coefficient (Wildman–Crippen LogP) is 5.80. The number of halogens is 2. The Morgan fingerprint density at radius 1 is 1.04 bits per heavy atom. The Hall–Kier alpha value is -1.26. The van der Waals surface area contributed by atoms with E-state index in [4.69, 9.17) is 27.9 Å². The molecule has 0 heterocycles. The quantitative estimate of drug-likeness (QED) is 0.627. The molecule has 2 aromatic carbocycles. The summed E-state index contributed by atoms with van der Waals surface area (Å²) in [5.74, 6) is 1.36. The molecule has 2 rings (SSSR count). The van der Waals surface area contributed by atoms with Gasteiger partial charge in [0.05, 0.1) is 11.1 Å². The van der Waals surface area contributed by atoms with Crippen LogP contribution >= 0.6 is 23.2 Å². The summed E-state index contributed by atoms with van der Waals surface area (Å²) in [6, 6.07) is 12.6. The fraction of sp³-hybridized carbons (Fsp3) is 0.400. The summed E-state index contributed by atoms with van der Waals surface area (Å²) in [5, 5.41) is 11.6. The first-order chi connectivity index (χ1) is 11.9. The minimum Gasteiger partial charge on any atom is -0.456 e. The molecule has 2 aromatic rings. The third kappa shape index (κ3) is 5.61. The molecular formula is C20H25Cl2NO2. The van der Waals surface area contributed by atoms with Crippen molar-refractivity contribution in [2.45, 2.75) is 26.9 Å². The van der Waals surface area contributed by atoms with Gasteiger partial charge in [0.25, 0.3) is 0 Å². The fourth-order valence-corrected chi connectivity index (χ4v) is 3.18. The molecule has 5 heteroatoms. The van der Waals surface area contributed by atoms with Gasteiger partial charge in [0.15, 0.2) is 0 Å². The molecule has 1 N–H and O–H groups in total. The molecule has 0 saturated heterocycles. The molecule has 0 fully saturated rings. The van der Waals surface area contributed by atoms with Gasteiger partial charge in [-0.3, -0.25) is 0 Å². The van der Waals surface area contributed by atoms with Crippen LogP contribution in [0.5, 0.6) is 11.5 Å². The molecule has 0 aliphatic carbocycles. The van der Waals surface area contributed by atoms with Crippen LogP contribution in [-0.4, -0.2) is 29.6 Å². The summed E-state index contributed by atoms with van der Waals surface area (Å²) < 4.78 is 5.78. The number of hydrogen-bond donors (Lipinski definition) is 1. The van der Waals surface area contributed by atoms with E-state index < -0.39 is 6.10 Å². The highest BCUT2D eigenvalue weighted by atomic mass is 35.5. The first-order valence-corrected chi connectivity index (χ1v) is 9.33. The Balaban J connectivity index is 2.03. The van der Waals surface area contributed by atoms with Gasteiger partial charge in [0.2, 0.25) is 0 Å². The number of aliphatic hydroxyl groups is 1. The maximum absolute atomic E-state index is 10.6. The number of rotatable bonds is 8. The molecule has 0 aliphatic heterocycles. The maximum atomic E-state index is 10.6. The third-order valence-corrected chi connectivity index (χ3v) is 4.85. The Labute approximate surface area is 160 Å². The Morgan fingerprint density at radius 3 is 2.24 bits per heavy atom. The maximum Gasteiger partial charge on any atom is 0.146 e. The summed E-state index contributed by atoms with van der Waals surface area (Å²) in [7, 11) is 0. The van der Waals surface area contributed by atoms with Crippen LogP contribution in [0.1, 0.15) is 32.4 Å². The Morgan fingerprint density at radius 2 is 1.68 bits per heavy atom. The highest BCUT2D eigenvalue weighted by Gasteiger charge is 2.18. The minimum absolute atomic E-state index is 0.150. The van der Waals surface area contributed by atoms with E-state index >= 15 is 0 Å². The highest BCUT2D eigenvalue weighted by Crippen LogP contribution is 2.32. The summed E-state index contributed by atoms with van der Waals surface area (Å²) in [6.07, 6.45) is -0.506. The van der Waals surface area contributed by atoms with Crippen LogP contribution in [0, 0.1) is 5.92 Å². The van der Waals surface area contributed by atoms with E-state index in [9.17, 15) is 5.11 Å². The first-order valence-electron chi connectivity index (χ1n) is 8.57. The molecule has 0 saturated carbocycles. The lowest BCUT2D eigenvalue weighted by atomic mass is 9.97. The van der Waals surface area contributed by atoms with Crippen LogP contribution < -0.4 is 4.74 Å². The summed E-state index contributed by atoms with van der Waals surface area (Å²) in [5.41, 5.74) is 0.884. The summed E-state index contributed by atoms with van der Waals surface area (Å²) in [6.45, 7) is 9.19. The van der Waals surface area contributed by atoms with Crippen molar-refractivity contribution in [3.63, 3.8) is 0 Å². The molecule has 3 nitrogen and oxygen atoms in total. The standard InChI is InChI=1S/C20H25Cl2NO2/c1-4-23(5-2)13-14(3)20(24)15-6-9-17(10-7-15)25-19-11-8-16(21)12-18(19)22/h6-12,14,20,24H,4-5,13H2,1-3H3. The SMILES string of the molecule is CCN(CC)CC(C)C(O)c1ccc(Oc2ccc(Cl)cc2Cl)cc1. The summed E-state index contributed by atoms with van der Waals surface area (Å²) >= 11 is 12.0. The van der Waals surface area contributed by atoms with Crippen molar-refractivity contribution in [3.8, 4) is 11.5 Å². The average Bonchev–Trinajstić information content (AvgIpc) is 2.61. The van der Waals surface area contributed by atoms with Crippen LogP contribution in [0.15, 0.2) is 42.5 Å². The summed E-state index contributed by atoms with van der Waals surface area (Å²) in [4.78, 5) is 2.31. The number of benzene rings is 2. The Kier molecular flexibility index (Phi) is 7.57. The number of aliphatic hydroxyl groups excluding tert-OH is 1. The van der Waals surface area contributed by atoms with Crippen molar-refractivity contribution in [3.05, 3.63) is 58.1 Å². The molecule has 0 aromatic heterocycles. The van der Waals surface area contributed by atoms with Crippen molar-refractivity contribution < 1.29 is 9.84 Å². The molecule has 136 valence electrons. The highest BCUT2D eigenvalue weighted by molar-refractivity contribution is 6.35. The zero-order valence-corrected chi connectivity index (χ0v) is 16.4. The van der Waals surface area contributed by atoms with E-state index in [1.165, 1.54) is 0 Å². The van der Waals surface area contributed by atoms with E-state index in [1.54, 1.807) is 18.2 Å². The Bertz CT molecular complexity index is 672. The van der Waals surface area contributed by atoms with E-state index in [-0.39, 0.29) is 5.92 Å². The fourth-order valence-electron chi connectivity index (χ4n) is 2.74. The van der Waals surface area contributed by atoms with Crippen molar-refractivity contribution in [2.24, 2.45) is 5.92 Å². The van der Waals surface area contributed by atoms with E-state index in [1.807, 2.05) is 24.3 Å².